The molecule has 1 heterocycles. The van der Waals surface area contributed by atoms with Crippen LogP contribution in [0.3, 0.4) is 0 Å². The number of rotatable bonds is 5. The van der Waals surface area contributed by atoms with Gasteiger partial charge in [-0.25, -0.2) is 0 Å². The van der Waals surface area contributed by atoms with Crippen molar-refractivity contribution in [3.63, 3.8) is 0 Å². The molecule has 2 aromatic carbocycles. The largest absolute Gasteiger partial charge is 0.493 e. The van der Waals surface area contributed by atoms with Gasteiger partial charge in [-0.05, 0) is 77.6 Å². The lowest BCUT2D eigenvalue weighted by Gasteiger charge is -2.17. The molecule has 30 heavy (non-hydrogen) atoms. The molecule has 0 aliphatic carbocycles. The van der Waals surface area contributed by atoms with E-state index >= 15 is 0 Å². The van der Waals surface area contributed by atoms with Crippen molar-refractivity contribution in [1.82, 2.24) is 10.6 Å². The zero-order valence-electron chi connectivity index (χ0n) is 15.7. The van der Waals surface area contributed by atoms with E-state index in [2.05, 4.69) is 10.6 Å². The number of carbonyl (C=O) groups is 2. The second kappa shape index (κ2) is 8.70. The Kier molecular flexibility index (Phi) is 6.43. The summed E-state index contributed by atoms with van der Waals surface area (Å²) < 4.78 is 36.3. The Hall–Kier alpha value is -2.51. The van der Waals surface area contributed by atoms with Crippen LogP contribution in [0.5, 0.6) is 11.5 Å². The molecule has 3 rings (SSSR count). The Labute approximate surface area is 191 Å². The molecule has 2 N–H and O–H groups in total. The lowest BCUT2D eigenvalue weighted by atomic mass is 10.1. The summed E-state index contributed by atoms with van der Waals surface area (Å²) in [6.07, 6.45) is 1.34. The summed E-state index contributed by atoms with van der Waals surface area (Å²) in [5, 5.41) is 4.62. The first-order chi connectivity index (χ1) is 14.1. The molecule has 0 spiro atoms. The number of benzene rings is 2. The van der Waals surface area contributed by atoms with E-state index in [0.29, 0.717) is 9.13 Å². The third-order valence-electron chi connectivity index (χ3n) is 4.01. The monoisotopic (exact) mass is 558 g/mol. The van der Waals surface area contributed by atoms with E-state index in [1.165, 1.54) is 31.4 Å². The molecular formula is C19H15IN2O6S2. The van der Waals surface area contributed by atoms with Crippen LogP contribution >= 0.6 is 34.8 Å². The minimum atomic E-state index is -4.09. The first-order valence-corrected chi connectivity index (χ1v) is 11.3. The number of ether oxygens (including phenoxy) is 1. The first kappa shape index (κ1) is 22.2. The van der Waals surface area contributed by atoms with E-state index in [1.807, 2.05) is 29.5 Å². The molecule has 1 saturated heterocycles. The fourth-order valence-corrected chi connectivity index (χ4v) is 4.57. The molecule has 0 atom stereocenters. The lowest BCUT2D eigenvalue weighted by Crippen LogP contribution is -2.51. The van der Waals surface area contributed by atoms with Crippen LogP contribution < -0.4 is 19.6 Å². The summed E-state index contributed by atoms with van der Waals surface area (Å²) in [6, 6.07) is 9.26. The molecule has 0 aromatic heterocycles. The third-order valence-corrected chi connectivity index (χ3v) is 6.25. The number of halogens is 1. The summed E-state index contributed by atoms with van der Waals surface area (Å²) in [4.78, 5) is 24.1. The number of thiocarbonyl (C=S) groups is 1. The minimum absolute atomic E-state index is 0.000417. The molecule has 2 amide bonds. The van der Waals surface area contributed by atoms with Crippen molar-refractivity contribution in [2.75, 3.05) is 7.11 Å². The standard InChI is InChI=1S/C19H15IN2O6S2/c1-10-3-5-12(6-4-10)30(25,26)28-16-14(20)8-11(9-15(16)27-2)7-13-17(23)21-19(29)22-18(13)24/h3-9H,1-2H3,(H2,21,22,23,24,29). The van der Waals surface area contributed by atoms with Gasteiger partial charge in [0.05, 0.1) is 10.7 Å². The zero-order chi connectivity index (χ0) is 22.1. The Morgan fingerprint density at radius 3 is 2.23 bits per heavy atom. The Morgan fingerprint density at radius 1 is 1.07 bits per heavy atom. The number of methoxy groups -OCH3 is 1. The number of nitrogens with one attached hydrogen (secondary N) is 2. The molecule has 0 saturated carbocycles. The van der Waals surface area contributed by atoms with Crippen LogP contribution in [-0.4, -0.2) is 32.5 Å². The van der Waals surface area contributed by atoms with Crippen LogP contribution in [0.15, 0.2) is 46.9 Å². The van der Waals surface area contributed by atoms with Crippen LogP contribution in [0, 0.1) is 10.5 Å². The molecule has 1 aliphatic heterocycles. The van der Waals surface area contributed by atoms with Crippen molar-refractivity contribution >= 4 is 67.9 Å². The van der Waals surface area contributed by atoms with Crippen LogP contribution in [0.2, 0.25) is 0 Å². The Bertz CT molecular complexity index is 1170. The first-order valence-electron chi connectivity index (χ1n) is 8.38. The highest BCUT2D eigenvalue weighted by molar-refractivity contribution is 14.1. The van der Waals surface area contributed by atoms with Crippen LogP contribution in [0.1, 0.15) is 11.1 Å². The number of aryl methyl sites for hydroxylation is 1. The Morgan fingerprint density at radius 2 is 1.67 bits per heavy atom. The molecule has 2 aromatic rings. The number of hydrogen-bond donors (Lipinski definition) is 2. The number of carbonyl (C=O) groups excluding carboxylic acids is 2. The van der Waals surface area contributed by atoms with Crippen molar-refractivity contribution in [2.24, 2.45) is 0 Å². The van der Waals surface area contributed by atoms with E-state index in [-0.39, 0.29) is 27.1 Å². The molecule has 1 aliphatic rings. The Balaban J connectivity index is 1.98. The average Bonchev–Trinajstić information content (AvgIpc) is 2.66. The summed E-state index contributed by atoms with van der Waals surface area (Å²) in [6.45, 7) is 1.84. The topological polar surface area (TPSA) is 111 Å². The smallest absolute Gasteiger partial charge is 0.339 e. The normalized spacial score (nSPS) is 14.1. The average molecular weight is 558 g/mol. The van der Waals surface area contributed by atoms with Gasteiger partial charge in [-0.1, -0.05) is 17.7 Å². The van der Waals surface area contributed by atoms with E-state index in [9.17, 15) is 18.0 Å². The van der Waals surface area contributed by atoms with Gasteiger partial charge >= 0.3 is 10.1 Å². The zero-order valence-corrected chi connectivity index (χ0v) is 19.5. The molecule has 0 radical (unpaired) electrons. The summed E-state index contributed by atoms with van der Waals surface area (Å²) in [5.41, 5.74) is 1.20. The van der Waals surface area contributed by atoms with Crippen LogP contribution in [-0.2, 0) is 19.7 Å². The van der Waals surface area contributed by atoms with Gasteiger partial charge in [-0.3, -0.25) is 20.2 Å². The second-order valence-corrected chi connectivity index (χ2v) is 9.30. The maximum absolute atomic E-state index is 12.6. The quantitative estimate of drug-likeness (QED) is 0.191. The predicted octanol–water partition coefficient (Wildman–Crippen LogP) is 2.29. The molecule has 1 fully saturated rings. The van der Waals surface area contributed by atoms with Gasteiger partial charge in [0.15, 0.2) is 16.6 Å². The maximum Gasteiger partial charge on any atom is 0.339 e. The lowest BCUT2D eigenvalue weighted by molar-refractivity contribution is -0.123. The minimum Gasteiger partial charge on any atom is -0.493 e. The number of amides is 2. The number of hydrogen-bond acceptors (Lipinski definition) is 7. The van der Waals surface area contributed by atoms with E-state index in [0.717, 1.165) is 5.56 Å². The van der Waals surface area contributed by atoms with E-state index < -0.39 is 21.9 Å². The molecular weight excluding hydrogens is 543 g/mol. The van der Waals surface area contributed by atoms with Gasteiger partial charge < -0.3 is 8.92 Å². The van der Waals surface area contributed by atoms with Crippen molar-refractivity contribution < 1.29 is 26.9 Å². The predicted molar refractivity (Wildman–Crippen MR) is 122 cm³/mol. The summed E-state index contributed by atoms with van der Waals surface area (Å²) in [7, 11) is -2.74. The van der Waals surface area contributed by atoms with Gasteiger partial charge in [-0.15, -0.1) is 0 Å². The molecule has 156 valence electrons. The molecule has 11 heteroatoms. The van der Waals surface area contributed by atoms with Gasteiger partial charge in [-0.2, -0.15) is 8.42 Å². The molecule has 0 bridgehead atoms. The van der Waals surface area contributed by atoms with Crippen molar-refractivity contribution in [3.8, 4) is 11.5 Å². The van der Waals surface area contributed by atoms with E-state index in [1.54, 1.807) is 18.2 Å². The van der Waals surface area contributed by atoms with Crippen molar-refractivity contribution in [1.29, 1.82) is 0 Å². The van der Waals surface area contributed by atoms with Gasteiger partial charge in [0, 0.05) is 0 Å². The highest BCUT2D eigenvalue weighted by Crippen LogP contribution is 2.36. The van der Waals surface area contributed by atoms with Gasteiger partial charge in [0.25, 0.3) is 11.8 Å². The van der Waals surface area contributed by atoms with Crippen LogP contribution in [0.4, 0.5) is 0 Å². The third kappa shape index (κ3) is 4.79. The highest BCUT2D eigenvalue weighted by atomic mass is 127. The van der Waals surface area contributed by atoms with Crippen LogP contribution in [0.25, 0.3) is 6.08 Å². The maximum atomic E-state index is 12.6. The highest BCUT2D eigenvalue weighted by Gasteiger charge is 2.26. The fraction of sp³-hybridized carbons (Fsp3) is 0.105. The van der Waals surface area contributed by atoms with Crippen molar-refractivity contribution in [3.05, 3.63) is 56.7 Å². The van der Waals surface area contributed by atoms with Crippen molar-refractivity contribution in [2.45, 2.75) is 11.8 Å². The second-order valence-electron chi connectivity index (χ2n) is 6.18. The summed E-state index contributed by atoms with van der Waals surface area (Å²) >= 11 is 6.65. The fourth-order valence-electron chi connectivity index (χ4n) is 2.54. The van der Waals surface area contributed by atoms with E-state index in [4.69, 9.17) is 21.1 Å². The SMILES string of the molecule is COc1cc(C=C2C(=O)NC(=S)NC2=O)cc(I)c1OS(=O)(=O)c1ccc(C)cc1. The van der Waals surface area contributed by atoms with Gasteiger partial charge in [0.2, 0.25) is 0 Å². The molecule has 0 unspecified atom stereocenters. The molecule has 8 nitrogen and oxygen atoms in total. The van der Waals surface area contributed by atoms with Gasteiger partial charge in [0.1, 0.15) is 10.5 Å². The summed E-state index contributed by atoms with van der Waals surface area (Å²) in [5.74, 6) is -1.16.